The summed E-state index contributed by atoms with van der Waals surface area (Å²) in [4.78, 5) is 36.1. The molecule has 0 fully saturated rings. The van der Waals surface area contributed by atoms with E-state index in [4.69, 9.17) is 0 Å². The van der Waals surface area contributed by atoms with Gasteiger partial charge >= 0.3 is 0 Å². The first-order valence-corrected chi connectivity index (χ1v) is 6.05. The second-order valence-corrected chi connectivity index (χ2v) is 4.38. The number of nitrogens with zero attached hydrogens (tertiary/aromatic N) is 3. The number of nitro benzene ring substituents is 2. The molecule has 9 heteroatoms. The number of non-ortho nitro benzene ring substituents is 2. The molecule has 1 N–H and O–H groups in total. The number of hydrogen-bond acceptors (Lipinski definition) is 6. The van der Waals surface area contributed by atoms with Gasteiger partial charge in [0.1, 0.15) is 5.82 Å². The third kappa shape index (κ3) is 3.20. The zero-order chi connectivity index (χ0) is 16.3. The third-order valence-corrected chi connectivity index (χ3v) is 2.83. The van der Waals surface area contributed by atoms with E-state index in [1.807, 2.05) is 0 Å². The molecule has 0 atom stereocenters. The van der Waals surface area contributed by atoms with E-state index in [9.17, 15) is 25.0 Å². The Balaban J connectivity index is 2.39. The monoisotopic (exact) mass is 302 g/mol. The Morgan fingerprint density at radius 1 is 1.14 bits per heavy atom. The number of carbonyl (C=O) groups excluding carboxylic acids is 1. The van der Waals surface area contributed by atoms with Crippen molar-refractivity contribution in [3.63, 3.8) is 0 Å². The number of aromatic nitrogens is 1. The Labute approximate surface area is 123 Å². The first-order chi connectivity index (χ1) is 10.4. The molecule has 0 saturated carbocycles. The first-order valence-electron chi connectivity index (χ1n) is 6.05. The number of hydrogen-bond donors (Lipinski definition) is 1. The van der Waals surface area contributed by atoms with Gasteiger partial charge < -0.3 is 5.32 Å². The van der Waals surface area contributed by atoms with Crippen molar-refractivity contribution in [3.05, 3.63) is 67.9 Å². The smallest absolute Gasteiger partial charge is 0.277 e. The van der Waals surface area contributed by atoms with Gasteiger partial charge in [-0.05, 0) is 18.6 Å². The average molecular weight is 302 g/mol. The van der Waals surface area contributed by atoms with Gasteiger partial charge in [0.25, 0.3) is 17.3 Å². The lowest BCUT2D eigenvalue weighted by Crippen LogP contribution is -2.14. The predicted molar refractivity (Wildman–Crippen MR) is 76.7 cm³/mol. The molecule has 0 bridgehead atoms. The fraction of sp³-hybridized carbons (Fsp3) is 0.0769. The minimum Gasteiger partial charge on any atom is -0.306 e. The molecular formula is C13H10N4O5. The van der Waals surface area contributed by atoms with Crippen LogP contribution in [0.15, 0.2) is 36.5 Å². The summed E-state index contributed by atoms with van der Waals surface area (Å²) in [5.41, 5.74) is -0.559. The highest BCUT2D eigenvalue weighted by molar-refractivity contribution is 6.04. The zero-order valence-corrected chi connectivity index (χ0v) is 11.3. The molecule has 22 heavy (non-hydrogen) atoms. The van der Waals surface area contributed by atoms with Crippen LogP contribution in [0.5, 0.6) is 0 Å². The molecule has 9 nitrogen and oxygen atoms in total. The lowest BCUT2D eigenvalue weighted by Gasteiger charge is -2.06. The van der Waals surface area contributed by atoms with Gasteiger partial charge in [-0.25, -0.2) is 4.98 Å². The molecule has 1 aromatic carbocycles. The maximum Gasteiger partial charge on any atom is 0.277 e. The molecule has 0 spiro atoms. The van der Waals surface area contributed by atoms with Crippen molar-refractivity contribution in [2.24, 2.45) is 0 Å². The molecule has 1 aromatic heterocycles. The van der Waals surface area contributed by atoms with Crippen LogP contribution in [0.1, 0.15) is 15.9 Å². The molecule has 0 aliphatic heterocycles. The molecule has 1 heterocycles. The summed E-state index contributed by atoms with van der Waals surface area (Å²) in [5, 5.41) is 24.1. The Morgan fingerprint density at radius 2 is 1.73 bits per heavy atom. The minimum atomic E-state index is -0.796. The summed E-state index contributed by atoms with van der Waals surface area (Å²) in [5.74, 6) is -0.435. The second-order valence-electron chi connectivity index (χ2n) is 4.38. The van der Waals surface area contributed by atoms with Gasteiger partial charge in [-0.15, -0.1) is 0 Å². The highest BCUT2D eigenvalue weighted by Gasteiger charge is 2.20. The predicted octanol–water partition coefficient (Wildman–Crippen LogP) is 2.46. The normalized spacial score (nSPS) is 10.0. The van der Waals surface area contributed by atoms with Gasteiger partial charge in [-0.2, -0.15) is 0 Å². The number of carbonyl (C=O) groups is 1. The summed E-state index contributed by atoms with van der Waals surface area (Å²) in [6, 6.07) is 6.14. The van der Waals surface area contributed by atoms with Crippen LogP contribution in [-0.4, -0.2) is 20.7 Å². The van der Waals surface area contributed by atoms with Crippen molar-refractivity contribution in [3.8, 4) is 0 Å². The van der Waals surface area contributed by atoms with Gasteiger partial charge in [-0.1, -0.05) is 6.07 Å². The van der Waals surface area contributed by atoms with Crippen LogP contribution in [0, 0.1) is 27.2 Å². The van der Waals surface area contributed by atoms with Crippen molar-refractivity contribution in [2.45, 2.75) is 6.92 Å². The quantitative estimate of drug-likeness (QED) is 0.682. The third-order valence-electron chi connectivity index (χ3n) is 2.83. The SMILES string of the molecule is Cc1cccnc1NC(=O)c1cc([N+](=O)[O-])cc([N+](=O)[O-])c1. The number of anilines is 1. The highest BCUT2D eigenvalue weighted by atomic mass is 16.6. The molecule has 0 saturated heterocycles. The van der Waals surface area contributed by atoms with E-state index in [0.717, 1.165) is 18.2 Å². The number of rotatable bonds is 4. The van der Waals surface area contributed by atoms with E-state index < -0.39 is 27.1 Å². The van der Waals surface area contributed by atoms with Gasteiger partial charge in [0.2, 0.25) is 0 Å². The summed E-state index contributed by atoms with van der Waals surface area (Å²) in [6.07, 6.45) is 1.47. The van der Waals surface area contributed by atoms with E-state index in [2.05, 4.69) is 10.3 Å². The topological polar surface area (TPSA) is 128 Å². The van der Waals surface area contributed by atoms with Crippen molar-refractivity contribution in [1.29, 1.82) is 0 Å². The van der Waals surface area contributed by atoms with Crippen LogP contribution in [0.4, 0.5) is 17.2 Å². The summed E-state index contributed by atoms with van der Waals surface area (Å²) in [7, 11) is 0. The average Bonchev–Trinajstić information content (AvgIpc) is 2.49. The fourth-order valence-electron chi connectivity index (χ4n) is 1.73. The molecule has 0 aliphatic rings. The van der Waals surface area contributed by atoms with E-state index in [1.54, 1.807) is 19.1 Å². The Morgan fingerprint density at radius 3 is 2.23 bits per heavy atom. The minimum absolute atomic E-state index is 0.189. The van der Waals surface area contributed by atoms with Crippen LogP contribution in [0.25, 0.3) is 0 Å². The van der Waals surface area contributed by atoms with Gasteiger partial charge in [0.15, 0.2) is 0 Å². The maximum atomic E-state index is 12.1. The fourth-order valence-corrected chi connectivity index (χ4v) is 1.73. The number of nitrogens with one attached hydrogen (secondary N) is 1. The van der Waals surface area contributed by atoms with E-state index in [-0.39, 0.29) is 11.4 Å². The Hall–Kier alpha value is -3.36. The van der Waals surface area contributed by atoms with Gasteiger partial charge in [0, 0.05) is 18.3 Å². The summed E-state index contributed by atoms with van der Waals surface area (Å²) < 4.78 is 0. The largest absolute Gasteiger partial charge is 0.306 e. The molecule has 2 aromatic rings. The summed E-state index contributed by atoms with van der Waals surface area (Å²) in [6.45, 7) is 1.72. The van der Waals surface area contributed by atoms with Crippen LogP contribution >= 0.6 is 0 Å². The van der Waals surface area contributed by atoms with Crippen molar-refractivity contribution < 1.29 is 14.6 Å². The van der Waals surface area contributed by atoms with Crippen LogP contribution in [0.2, 0.25) is 0 Å². The molecular weight excluding hydrogens is 292 g/mol. The summed E-state index contributed by atoms with van der Waals surface area (Å²) >= 11 is 0. The standard InChI is InChI=1S/C13H10N4O5/c1-8-3-2-4-14-12(8)15-13(18)9-5-10(16(19)20)7-11(6-9)17(21)22/h2-7H,1H3,(H,14,15,18). The van der Waals surface area contributed by atoms with Gasteiger partial charge in [0.05, 0.1) is 21.5 Å². The van der Waals surface area contributed by atoms with Crippen LogP contribution in [0.3, 0.4) is 0 Å². The zero-order valence-electron chi connectivity index (χ0n) is 11.3. The van der Waals surface area contributed by atoms with Crippen molar-refractivity contribution in [2.75, 3.05) is 5.32 Å². The van der Waals surface area contributed by atoms with E-state index >= 15 is 0 Å². The molecule has 112 valence electrons. The number of pyridine rings is 1. The van der Waals surface area contributed by atoms with Crippen molar-refractivity contribution in [1.82, 2.24) is 4.98 Å². The van der Waals surface area contributed by atoms with Crippen LogP contribution < -0.4 is 5.32 Å². The lowest BCUT2D eigenvalue weighted by atomic mass is 10.1. The number of aryl methyl sites for hydroxylation is 1. The Bertz CT molecular complexity index is 743. The first kappa shape index (κ1) is 15.0. The van der Waals surface area contributed by atoms with Crippen molar-refractivity contribution >= 4 is 23.1 Å². The molecule has 0 aliphatic carbocycles. The molecule has 2 rings (SSSR count). The highest BCUT2D eigenvalue weighted by Crippen LogP contribution is 2.23. The van der Waals surface area contributed by atoms with Crippen LogP contribution in [-0.2, 0) is 0 Å². The maximum absolute atomic E-state index is 12.1. The van der Waals surface area contributed by atoms with Gasteiger partial charge in [-0.3, -0.25) is 25.0 Å². The number of benzene rings is 1. The van der Waals surface area contributed by atoms with E-state index in [0.29, 0.717) is 5.56 Å². The number of nitro groups is 2. The molecule has 1 amide bonds. The number of amides is 1. The molecule has 0 radical (unpaired) electrons. The second kappa shape index (κ2) is 5.95. The Kier molecular flexibility index (Phi) is 4.07. The molecule has 0 unspecified atom stereocenters. The lowest BCUT2D eigenvalue weighted by molar-refractivity contribution is -0.394. The van der Waals surface area contributed by atoms with E-state index in [1.165, 1.54) is 6.20 Å².